The first-order chi connectivity index (χ1) is 11.5. The Bertz CT molecular complexity index is 671. The van der Waals surface area contributed by atoms with Crippen LogP contribution in [0.1, 0.15) is 25.7 Å². The quantitative estimate of drug-likeness (QED) is 0.796. The molecule has 1 aliphatic rings. The summed E-state index contributed by atoms with van der Waals surface area (Å²) in [6.07, 6.45) is 5.12. The number of hydrogen-bond acceptors (Lipinski definition) is 5. The molecule has 0 bridgehead atoms. The van der Waals surface area contributed by atoms with Crippen molar-refractivity contribution < 1.29 is 17.9 Å². The van der Waals surface area contributed by atoms with E-state index in [1.54, 1.807) is 17.8 Å². The maximum Gasteiger partial charge on any atom is 0.243 e. The number of nitrogens with one attached hydrogen (secondary N) is 1. The van der Waals surface area contributed by atoms with Gasteiger partial charge in [0.15, 0.2) is 0 Å². The van der Waals surface area contributed by atoms with Crippen molar-refractivity contribution in [2.75, 3.05) is 37.5 Å². The zero-order valence-electron chi connectivity index (χ0n) is 14.1. The van der Waals surface area contributed by atoms with E-state index >= 15 is 0 Å². The first-order valence-electron chi connectivity index (χ1n) is 7.96. The normalized spacial score (nSPS) is 15.9. The Morgan fingerprint density at radius 1 is 1.29 bits per heavy atom. The first-order valence-corrected chi connectivity index (χ1v) is 10.8. The van der Waals surface area contributed by atoms with E-state index in [0.717, 1.165) is 19.3 Å². The van der Waals surface area contributed by atoms with Crippen molar-refractivity contribution in [3.05, 3.63) is 18.2 Å². The number of anilines is 1. The molecular formula is C16H24N2O4S2. The molecule has 134 valence electrons. The Hall–Kier alpha value is -1.25. The number of ether oxygens (including phenoxy) is 1. The molecule has 0 saturated carbocycles. The summed E-state index contributed by atoms with van der Waals surface area (Å²) in [5.41, 5.74) is 0.390. The second-order valence-electron chi connectivity index (χ2n) is 5.62. The molecule has 24 heavy (non-hydrogen) atoms. The second kappa shape index (κ2) is 8.73. The highest BCUT2D eigenvalue weighted by Gasteiger charge is 2.26. The maximum atomic E-state index is 12.8. The highest BCUT2D eigenvalue weighted by atomic mass is 32.2. The van der Waals surface area contributed by atoms with E-state index in [1.807, 2.05) is 6.26 Å². The predicted octanol–water partition coefficient (Wildman–Crippen LogP) is 2.56. The van der Waals surface area contributed by atoms with Crippen LogP contribution in [0.2, 0.25) is 0 Å². The number of sulfonamides is 1. The highest BCUT2D eigenvalue weighted by Crippen LogP contribution is 2.30. The lowest BCUT2D eigenvalue weighted by Crippen LogP contribution is -2.35. The minimum absolute atomic E-state index is 0.157. The number of piperidine rings is 1. The first kappa shape index (κ1) is 19.1. The van der Waals surface area contributed by atoms with Gasteiger partial charge in [0.2, 0.25) is 15.9 Å². The van der Waals surface area contributed by atoms with Crippen molar-refractivity contribution in [2.24, 2.45) is 0 Å². The van der Waals surface area contributed by atoms with Gasteiger partial charge in [-0.2, -0.15) is 16.1 Å². The van der Waals surface area contributed by atoms with E-state index in [4.69, 9.17) is 4.74 Å². The summed E-state index contributed by atoms with van der Waals surface area (Å²) >= 11 is 1.58. The number of hydrogen-bond donors (Lipinski definition) is 1. The van der Waals surface area contributed by atoms with Gasteiger partial charge in [-0.05, 0) is 37.3 Å². The summed E-state index contributed by atoms with van der Waals surface area (Å²) in [7, 11) is -2.05. The molecule has 0 aliphatic carbocycles. The summed E-state index contributed by atoms with van der Waals surface area (Å²) in [6.45, 7) is 1.09. The van der Waals surface area contributed by atoms with Crippen molar-refractivity contribution in [3.63, 3.8) is 0 Å². The summed E-state index contributed by atoms with van der Waals surface area (Å²) in [5, 5.41) is 2.75. The van der Waals surface area contributed by atoms with Crippen molar-refractivity contribution in [1.29, 1.82) is 0 Å². The number of thioether (sulfide) groups is 1. The number of rotatable bonds is 7. The fourth-order valence-corrected chi connectivity index (χ4v) is 4.54. The van der Waals surface area contributed by atoms with Gasteiger partial charge in [-0.1, -0.05) is 6.42 Å². The molecule has 1 amide bonds. The van der Waals surface area contributed by atoms with Crippen LogP contribution in [-0.4, -0.2) is 50.8 Å². The van der Waals surface area contributed by atoms with Gasteiger partial charge in [0.1, 0.15) is 5.75 Å². The van der Waals surface area contributed by atoms with E-state index in [9.17, 15) is 13.2 Å². The molecule has 0 aromatic heterocycles. The summed E-state index contributed by atoms with van der Waals surface area (Å²) < 4.78 is 32.3. The molecule has 1 N–H and O–H groups in total. The van der Waals surface area contributed by atoms with E-state index < -0.39 is 10.0 Å². The Kier molecular flexibility index (Phi) is 6.94. The largest absolute Gasteiger partial charge is 0.495 e. The molecule has 1 fully saturated rings. The van der Waals surface area contributed by atoms with Crippen LogP contribution in [-0.2, 0) is 14.8 Å². The van der Waals surface area contributed by atoms with Gasteiger partial charge in [-0.25, -0.2) is 8.42 Å². The van der Waals surface area contributed by atoms with Crippen LogP contribution in [0, 0.1) is 0 Å². The van der Waals surface area contributed by atoms with Crippen LogP contribution in [0.25, 0.3) is 0 Å². The van der Waals surface area contributed by atoms with E-state index in [2.05, 4.69) is 5.32 Å². The average Bonchev–Trinajstić information content (AvgIpc) is 2.60. The fourth-order valence-electron chi connectivity index (χ4n) is 2.61. The molecule has 6 nitrogen and oxygen atoms in total. The van der Waals surface area contributed by atoms with Crippen LogP contribution in [0.15, 0.2) is 23.1 Å². The van der Waals surface area contributed by atoms with Gasteiger partial charge in [-0.15, -0.1) is 0 Å². The molecule has 1 aromatic carbocycles. The van der Waals surface area contributed by atoms with E-state index in [1.165, 1.54) is 23.5 Å². The highest BCUT2D eigenvalue weighted by molar-refractivity contribution is 7.98. The van der Waals surface area contributed by atoms with Gasteiger partial charge in [0.05, 0.1) is 17.7 Å². The van der Waals surface area contributed by atoms with Gasteiger partial charge in [-0.3, -0.25) is 4.79 Å². The molecule has 1 heterocycles. The van der Waals surface area contributed by atoms with Crippen molar-refractivity contribution >= 4 is 33.4 Å². The standard InChI is InChI=1S/C16H24N2O4S2/c1-22-15-7-6-13(12-14(15)17-16(19)8-11-23-2)24(20,21)18-9-4-3-5-10-18/h6-7,12H,3-5,8-11H2,1-2H3,(H,17,19). The Morgan fingerprint density at radius 3 is 2.62 bits per heavy atom. The maximum absolute atomic E-state index is 12.8. The molecule has 0 atom stereocenters. The van der Waals surface area contributed by atoms with Gasteiger partial charge >= 0.3 is 0 Å². The molecule has 1 aromatic rings. The second-order valence-corrected chi connectivity index (χ2v) is 8.54. The summed E-state index contributed by atoms with van der Waals surface area (Å²) in [4.78, 5) is 12.1. The zero-order valence-corrected chi connectivity index (χ0v) is 15.7. The minimum atomic E-state index is -3.54. The van der Waals surface area contributed by atoms with Crippen LogP contribution in [0.4, 0.5) is 5.69 Å². The average molecular weight is 373 g/mol. The molecule has 0 spiro atoms. The van der Waals surface area contributed by atoms with Gasteiger partial charge in [0, 0.05) is 25.3 Å². The third kappa shape index (κ3) is 4.64. The van der Waals surface area contributed by atoms with Crippen LogP contribution < -0.4 is 10.1 Å². The van der Waals surface area contributed by atoms with Crippen LogP contribution >= 0.6 is 11.8 Å². The number of nitrogens with zero attached hydrogens (tertiary/aromatic N) is 1. The molecule has 0 radical (unpaired) electrons. The van der Waals surface area contributed by atoms with Gasteiger partial charge < -0.3 is 10.1 Å². The van der Waals surface area contributed by atoms with Crippen LogP contribution in [0.3, 0.4) is 0 Å². The molecule has 2 rings (SSSR count). The smallest absolute Gasteiger partial charge is 0.243 e. The number of carbonyl (C=O) groups excluding carboxylic acids is 1. The fraction of sp³-hybridized carbons (Fsp3) is 0.562. The van der Waals surface area contributed by atoms with Crippen molar-refractivity contribution in [1.82, 2.24) is 4.31 Å². The Labute approximate surface area is 148 Å². The number of amides is 1. The third-order valence-corrected chi connectivity index (χ3v) is 6.44. The predicted molar refractivity (Wildman–Crippen MR) is 97.2 cm³/mol. The topological polar surface area (TPSA) is 75.7 Å². The summed E-state index contributed by atoms with van der Waals surface area (Å²) in [5.74, 6) is 1.00. The van der Waals surface area contributed by atoms with Crippen molar-refractivity contribution in [3.8, 4) is 5.75 Å². The Morgan fingerprint density at radius 2 is 2.00 bits per heavy atom. The summed E-state index contributed by atoms with van der Waals surface area (Å²) in [6, 6.07) is 4.60. The number of benzene rings is 1. The van der Waals surface area contributed by atoms with Crippen molar-refractivity contribution in [2.45, 2.75) is 30.6 Å². The molecule has 1 saturated heterocycles. The van der Waals surface area contributed by atoms with Gasteiger partial charge in [0.25, 0.3) is 0 Å². The molecule has 0 unspecified atom stereocenters. The number of methoxy groups -OCH3 is 1. The lowest BCUT2D eigenvalue weighted by molar-refractivity contribution is -0.115. The van der Waals surface area contributed by atoms with E-state index in [0.29, 0.717) is 36.7 Å². The molecule has 1 aliphatic heterocycles. The lowest BCUT2D eigenvalue weighted by atomic mass is 10.2. The van der Waals surface area contributed by atoms with E-state index in [-0.39, 0.29) is 10.8 Å². The SMILES string of the molecule is COc1ccc(S(=O)(=O)N2CCCCC2)cc1NC(=O)CCSC. The molecule has 8 heteroatoms. The molecular weight excluding hydrogens is 348 g/mol. The Balaban J connectivity index is 2.25. The van der Waals surface area contributed by atoms with Crippen LogP contribution in [0.5, 0.6) is 5.75 Å². The monoisotopic (exact) mass is 372 g/mol. The third-order valence-electron chi connectivity index (χ3n) is 3.93. The zero-order chi connectivity index (χ0) is 17.6. The lowest BCUT2D eigenvalue weighted by Gasteiger charge is -2.26. The minimum Gasteiger partial charge on any atom is -0.495 e. The number of carbonyl (C=O) groups is 1.